The van der Waals surface area contributed by atoms with Gasteiger partial charge in [-0.05, 0) is 18.2 Å². The van der Waals surface area contributed by atoms with Crippen molar-refractivity contribution in [3.63, 3.8) is 0 Å². The molecule has 0 fully saturated rings. The van der Waals surface area contributed by atoms with Crippen LogP contribution in [0.1, 0.15) is 24.9 Å². The van der Waals surface area contributed by atoms with Crippen molar-refractivity contribution in [1.29, 1.82) is 0 Å². The van der Waals surface area contributed by atoms with Gasteiger partial charge < -0.3 is 19.5 Å². The second kappa shape index (κ2) is 5.89. The Morgan fingerprint density at radius 2 is 1.86 bits per heavy atom. The highest BCUT2D eigenvalue weighted by atomic mass is 16.7. The minimum Gasteiger partial charge on any atom is -0.493 e. The van der Waals surface area contributed by atoms with Gasteiger partial charge in [-0.3, -0.25) is 0 Å². The maximum Gasteiger partial charge on any atom is 0.209 e. The molecule has 4 nitrogen and oxygen atoms in total. The van der Waals surface area contributed by atoms with Gasteiger partial charge >= 0.3 is 0 Å². The van der Waals surface area contributed by atoms with Crippen molar-refractivity contribution in [1.82, 2.24) is 0 Å². The summed E-state index contributed by atoms with van der Waals surface area (Å²) < 4.78 is 17.1. The molecular weight excluding hydrogens is 278 g/mol. The molecule has 22 heavy (non-hydrogen) atoms. The highest BCUT2D eigenvalue weighted by Gasteiger charge is 2.39. The molecule has 1 heterocycles. The zero-order chi connectivity index (χ0) is 15.6. The summed E-state index contributed by atoms with van der Waals surface area (Å²) in [6.45, 7) is 1.95. The zero-order valence-corrected chi connectivity index (χ0v) is 13.1. The number of methoxy groups -OCH3 is 2. The van der Waals surface area contributed by atoms with Gasteiger partial charge in [-0.25, -0.2) is 0 Å². The van der Waals surface area contributed by atoms with E-state index in [2.05, 4.69) is 23.5 Å². The lowest BCUT2D eigenvalue weighted by Crippen LogP contribution is -2.41. The Balaban J connectivity index is 2.00. The highest BCUT2D eigenvalue weighted by Crippen LogP contribution is 2.46. The van der Waals surface area contributed by atoms with Crippen molar-refractivity contribution in [2.24, 2.45) is 0 Å². The van der Waals surface area contributed by atoms with Gasteiger partial charge in [-0.2, -0.15) is 0 Å². The third-order valence-corrected chi connectivity index (χ3v) is 4.04. The van der Waals surface area contributed by atoms with Crippen molar-refractivity contribution in [2.45, 2.75) is 25.2 Å². The number of rotatable bonds is 4. The van der Waals surface area contributed by atoms with Gasteiger partial charge in [-0.15, -0.1) is 0 Å². The zero-order valence-electron chi connectivity index (χ0n) is 13.1. The summed E-state index contributed by atoms with van der Waals surface area (Å²) in [6, 6.07) is 16.2. The Morgan fingerprint density at radius 3 is 2.55 bits per heavy atom. The molecule has 0 bridgehead atoms. The van der Waals surface area contributed by atoms with Crippen molar-refractivity contribution in [3.8, 4) is 11.5 Å². The number of fused-ring (bicyclic) bond motifs is 1. The van der Waals surface area contributed by atoms with Gasteiger partial charge in [0.25, 0.3) is 0 Å². The summed E-state index contributed by atoms with van der Waals surface area (Å²) in [5.74, 6) is 0.781. The standard InChI is InChI=1S/C18H21NO3/c1-18(21-3)12-15(19-13-8-5-4-6-9-13)14-10-7-11-16(20-2)17(14)22-18/h4-11,15,19H,12H2,1-3H3/t15-,18-/m1/s1. The molecule has 116 valence electrons. The summed E-state index contributed by atoms with van der Waals surface area (Å²) in [7, 11) is 3.32. The first-order valence-corrected chi connectivity index (χ1v) is 7.38. The van der Waals surface area contributed by atoms with E-state index >= 15 is 0 Å². The fraction of sp³-hybridized carbons (Fsp3) is 0.333. The third kappa shape index (κ3) is 2.74. The van der Waals surface area contributed by atoms with E-state index in [1.54, 1.807) is 14.2 Å². The van der Waals surface area contributed by atoms with E-state index in [-0.39, 0.29) is 6.04 Å². The fourth-order valence-corrected chi connectivity index (χ4v) is 2.80. The fourth-order valence-electron chi connectivity index (χ4n) is 2.80. The van der Waals surface area contributed by atoms with E-state index in [9.17, 15) is 0 Å². The number of ether oxygens (including phenoxy) is 3. The minimum atomic E-state index is -0.686. The van der Waals surface area contributed by atoms with Crippen LogP contribution in [0.25, 0.3) is 0 Å². The average molecular weight is 299 g/mol. The Kier molecular flexibility index (Phi) is 3.94. The quantitative estimate of drug-likeness (QED) is 0.926. The molecule has 0 aromatic heterocycles. The predicted molar refractivity (Wildman–Crippen MR) is 86.5 cm³/mol. The molecule has 0 saturated heterocycles. The summed E-state index contributed by atoms with van der Waals surface area (Å²) >= 11 is 0. The first-order chi connectivity index (χ1) is 10.6. The van der Waals surface area contributed by atoms with Crippen LogP contribution < -0.4 is 14.8 Å². The number of para-hydroxylation sites is 2. The van der Waals surface area contributed by atoms with Crippen LogP contribution in [-0.4, -0.2) is 20.0 Å². The molecule has 1 N–H and O–H groups in total. The maximum absolute atomic E-state index is 6.07. The van der Waals surface area contributed by atoms with E-state index in [4.69, 9.17) is 14.2 Å². The molecule has 0 radical (unpaired) electrons. The first-order valence-electron chi connectivity index (χ1n) is 7.38. The molecule has 0 amide bonds. The second-order valence-corrected chi connectivity index (χ2v) is 5.59. The summed E-state index contributed by atoms with van der Waals surface area (Å²) in [6.07, 6.45) is 0.707. The number of hydrogen-bond acceptors (Lipinski definition) is 4. The van der Waals surface area contributed by atoms with E-state index in [0.29, 0.717) is 6.42 Å². The largest absolute Gasteiger partial charge is 0.493 e. The molecule has 0 saturated carbocycles. The summed E-state index contributed by atoms with van der Waals surface area (Å²) in [4.78, 5) is 0. The van der Waals surface area contributed by atoms with E-state index in [0.717, 1.165) is 22.7 Å². The van der Waals surface area contributed by atoms with Crippen LogP contribution in [0.15, 0.2) is 48.5 Å². The van der Waals surface area contributed by atoms with Gasteiger partial charge in [0.2, 0.25) is 5.79 Å². The van der Waals surface area contributed by atoms with Crippen LogP contribution in [-0.2, 0) is 4.74 Å². The van der Waals surface area contributed by atoms with Crippen LogP contribution >= 0.6 is 0 Å². The summed E-state index contributed by atoms with van der Waals surface area (Å²) in [5, 5.41) is 3.56. The lowest BCUT2D eigenvalue weighted by molar-refractivity contribution is -0.164. The molecule has 0 spiro atoms. The van der Waals surface area contributed by atoms with Crippen LogP contribution in [0.4, 0.5) is 5.69 Å². The molecule has 1 aliphatic heterocycles. The minimum absolute atomic E-state index is 0.0891. The average Bonchev–Trinajstić information content (AvgIpc) is 2.55. The molecule has 4 heteroatoms. The van der Waals surface area contributed by atoms with Crippen molar-refractivity contribution < 1.29 is 14.2 Å². The molecule has 0 aliphatic carbocycles. The Hall–Kier alpha value is -2.20. The molecule has 0 unspecified atom stereocenters. The molecule has 2 aromatic carbocycles. The van der Waals surface area contributed by atoms with Gasteiger partial charge in [0, 0.05) is 31.7 Å². The molecular formula is C18H21NO3. The first kappa shape index (κ1) is 14.7. The Labute approximate surface area is 131 Å². The topological polar surface area (TPSA) is 39.7 Å². The van der Waals surface area contributed by atoms with Crippen molar-refractivity contribution in [2.75, 3.05) is 19.5 Å². The molecule has 3 rings (SSSR count). The number of benzene rings is 2. The van der Waals surface area contributed by atoms with Gasteiger partial charge in [0.05, 0.1) is 13.2 Å². The van der Waals surface area contributed by atoms with Crippen LogP contribution in [0.3, 0.4) is 0 Å². The summed E-state index contributed by atoms with van der Waals surface area (Å²) in [5.41, 5.74) is 2.15. The van der Waals surface area contributed by atoms with Gasteiger partial charge in [-0.1, -0.05) is 30.3 Å². The smallest absolute Gasteiger partial charge is 0.209 e. The number of anilines is 1. The second-order valence-electron chi connectivity index (χ2n) is 5.59. The van der Waals surface area contributed by atoms with Gasteiger partial charge in [0.1, 0.15) is 0 Å². The lowest BCUT2D eigenvalue weighted by Gasteiger charge is -2.39. The Morgan fingerprint density at radius 1 is 1.09 bits per heavy atom. The molecule has 2 aromatic rings. The van der Waals surface area contributed by atoms with Crippen LogP contribution in [0.2, 0.25) is 0 Å². The molecule has 1 aliphatic rings. The van der Waals surface area contributed by atoms with Gasteiger partial charge in [0.15, 0.2) is 11.5 Å². The van der Waals surface area contributed by atoms with Crippen molar-refractivity contribution in [3.05, 3.63) is 54.1 Å². The Bertz CT molecular complexity index is 644. The maximum atomic E-state index is 6.07. The monoisotopic (exact) mass is 299 g/mol. The van der Waals surface area contributed by atoms with Crippen LogP contribution in [0.5, 0.6) is 11.5 Å². The number of hydrogen-bond donors (Lipinski definition) is 1. The van der Waals surface area contributed by atoms with E-state index in [1.165, 1.54) is 0 Å². The predicted octanol–water partition coefficient (Wildman–Crippen LogP) is 3.99. The van der Waals surface area contributed by atoms with E-state index in [1.807, 2.05) is 37.3 Å². The van der Waals surface area contributed by atoms with E-state index < -0.39 is 5.79 Å². The molecule has 2 atom stereocenters. The van der Waals surface area contributed by atoms with Crippen LogP contribution in [0, 0.1) is 0 Å². The normalized spacial score (nSPS) is 23.3. The number of nitrogens with one attached hydrogen (secondary N) is 1. The van der Waals surface area contributed by atoms with Crippen molar-refractivity contribution >= 4 is 5.69 Å². The SMILES string of the molecule is COc1cccc2c1O[C@@](C)(OC)C[C@H]2Nc1ccccc1. The highest BCUT2D eigenvalue weighted by molar-refractivity contribution is 5.54. The lowest BCUT2D eigenvalue weighted by atomic mass is 9.94. The third-order valence-electron chi connectivity index (χ3n) is 4.04.